The first-order valence-corrected chi connectivity index (χ1v) is 6.71. The van der Waals surface area contributed by atoms with Crippen molar-refractivity contribution in [3.8, 4) is 11.5 Å². The number of ketones is 1. The maximum atomic E-state index is 11.8. The topological polar surface area (TPSA) is 57.5 Å². The van der Waals surface area contributed by atoms with Gasteiger partial charge in [0.05, 0.1) is 0 Å². The number of phenols is 2. The first-order valence-electron chi connectivity index (χ1n) is 6.71. The number of hydrogen-bond donors (Lipinski definition) is 2. The molecule has 104 valence electrons. The van der Waals surface area contributed by atoms with Gasteiger partial charge in [0, 0.05) is 12.8 Å². The molecule has 0 amide bonds. The molecule has 0 unspecified atom stereocenters. The van der Waals surface area contributed by atoms with Gasteiger partial charge in [0.1, 0.15) is 17.3 Å². The van der Waals surface area contributed by atoms with Crippen molar-refractivity contribution in [2.75, 3.05) is 0 Å². The first-order chi connectivity index (χ1) is 9.63. The highest BCUT2D eigenvalue weighted by atomic mass is 16.3. The number of benzene rings is 2. The number of rotatable bonds is 6. The summed E-state index contributed by atoms with van der Waals surface area (Å²) >= 11 is 0. The Morgan fingerprint density at radius 3 is 1.40 bits per heavy atom. The Hall–Kier alpha value is -2.29. The molecule has 3 nitrogen and oxygen atoms in total. The highest BCUT2D eigenvalue weighted by Crippen LogP contribution is 2.14. The summed E-state index contributed by atoms with van der Waals surface area (Å²) in [6.45, 7) is 0. The summed E-state index contributed by atoms with van der Waals surface area (Å²) < 4.78 is 0. The van der Waals surface area contributed by atoms with Crippen LogP contribution in [-0.4, -0.2) is 16.0 Å². The van der Waals surface area contributed by atoms with Crippen molar-refractivity contribution in [3.63, 3.8) is 0 Å². The number of aryl methyl sites for hydroxylation is 2. The summed E-state index contributed by atoms with van der Waals surface area (Å²) in [5.41, 5.74) is 2.11. The second-order valence-electron chi connectivity index (χ2n) is 4.87. The zero-order valence-corrected chi connectivity index (χ0v) is 11.2. The molecule has 0 heterocycles. The molecule has 0 radical (unpaired) electrons. The normalized spacial score (nSPS) is 10.4. The van der Waals surface area contributed by atoms with Crippen LogP contribution in [0.25, 0.3) is 0 Å². The molecule has 2 aromatic rings. The van der Waals surface area contributed by atoms with E-state index in [9.17, 15) is 15.0 Å². The zero-order valence-electron chi connectivity index (χ0n) is 11.2. The Balaban J connectivity index is 1.75. The largest absolute Gasteiger partial charge is 0.508 e. The number of carbonyl (C=O) groups excluding carboxylic acids is 1. The van der Waals surface area contributed by atoms with Gasteiger partial charge in [-0.1, -0.05) is 24.3 Å². The summed E-state index contributed by atoms with van der Waals surface area (Å²) in [5.74, 6) is 0.714. The second-order valence-corrected chi connectivity index (χ2v) is 4.87. The van der Waals surface area contributed by atoms with E-state index in [0.717, 1.165) is 11.1 Å². The molecule has 2 aromatic carbocycles. The molecular weight excluding hydrogens is 252 g/mol. The van der Waals surface area contributed by atoms with Crippen LogP contribution in [-0.2, 0) is 17.6 Å². The van der Waals surface area contributed by atoms with Gasteiger partial charge >= 0.3 is 0 Å². The number of Topliss-reactive ketones (excluding diaryl/α,β-unsaturated/α-hetero) is 1. The zero-order chi connectivity index (χ0) is 14.4. The number of carbonyl (C=O) groups is 1. The van der Waals surface area contributed by atoms with Gasteiger partial charge in [-0.3, -0.25) is 4.79 Å². The lowest BCUT2D eigenvalue weighted by atomic mass is 10.0. The molecule has 2 rings (SSSR count). The summed E-state index contributed by atoms with van der Waals surface area (Å²) in [4.78, 5) is 11.8. The summed E-state index contributed by atoms with van der Waals surface area (Å²) in [5, 5.41) is 18.4. The van der Waals surface area contributed by atoms with Crippen LogP contribution < -0.4 is 0 Å². The van der Waals surface area contributed by atoms with Crippen LogP contribution in [0.2, 0.25) is 0 Å². The third-order valence-corrected chi connectivity index (χ3v) is 3.26. The molecule has 0 saturated carbocycles. The molecule has 0 aliphatic carbocycles. The van der Waals surface area contributed by atoms with E-state index < -0.39 is 0 Å². The Morgan fingerprint density at radius 1 is 0.700 bits per heavy atom. The van der Waals surface area contributed by atoms with Crippen LogP contribution in [0.5, 0.6) is 11.5 Å². The fourth-order valence-corrected chi connectivity index (χ4v) is 2.02. The summed E-state index contributed by atoms with van der Waals surface area (Å²) in [6, 6.07) is 13.9. The number of phenolic OH excluding ortho intramolecular Hbond substituents is 2. The maximum absolute atomic E-state index is 11.8. The summed E-state index contributed by atoms with van der Waals surface area (Å²) in [6.07, 6.45) is 2.44. The average Bonchev–Trinajstić information content (AvgIpc) is 2.46. The van der Waals surface area contributed by atoms with Gasteiger partial charge in [0.2, 0.25) is 0 Å². The van der Waals surface area contributed by atoms with Gasteiger partial charge in [0.25, 0.3) is 0 Å². The quantitative estimate of drug-likeness (QED) is 0.847. The molecule has 3 heteroatoms. The molecule has 0 fully saturated rings. The van der Waals surface area contributed by atoms with Gasteiger partial charge in [0.15, 0.2) is 0 Å². The van der Waals surface area contributed by atoms with Crippen molar-refractivity contribution in [1.82, 2.24) is 0 Å². The minimum absolute atomic E-state index is 0.228. The fraction of sp³-hybridized carbons (Fsp3) is 0.235. The Bertz CT molecular complexity index is 504. The molecule has 20 heavy (non-hydrogen) atoms. The van der Waals surface area contributed by atoms with Crippen molar-refractivity contribution in [1.29, 1.82) is 0 Å². The molecule has 2 N–H and O–H groups in total. The van der Waals surface area contributed by atoms with Crippen molar-refractivity contribution in [2.45, 2.75) is 25.7 Å². The minimum atomic E-state index is 0.228. The Labute approximate surface area is 118 Å². The van der Waals surface area contributed by atoms with E-state index in [1.807, 2.05) is 24.3 Å². The van der Waals surface area contributed by atoms with Gasteiger partial charge in [-0.25, -0.2) is 0 Å². The molecular formula is C17H18O3. The third kappa shape index (κ3) is 4.43. The van der Waals surface area contributed by atoms with E-state index in [-0.39, 0.29) is 17.3 Å². The van der Waals surface area contributed by atoms with Crippen LogP contribution in [0.1, 0.15) is 24.0 Å². The van der Waals surface area contributed by atoms with E-state index in [0.29, 0.717) is 25.7 Å². The average molecular weight is 270 g/mol. The SMILES string of the molecule is O=C(CCc1ccc(O)cc1)CCc1ccc(O)cc1. The molecule has 0 saturated heterocycles. The third-order valence-electron chi connectivity index (χ3n) is 3.26. The predicted octanol–water partition coefficient (Wildman–Crippen LogP) is 3.23. The molecule has 0 bridgehead atoms. The minimum Gasteiger partial charge on any atom is -0.508 e. The first kappa shape index (κ1) is 14.1. The standard InChI is InChI=1S/C17H18O3/c18-15-7-1-13(2-8-15)5-11-17(20)12-6-14-3-9-16(19)10-4-14/h1-4,7-10,18-19H,5-6,11-12H2. The number of hydrogen-bond acceptors (Lipinski definition) is 3. The maximum Gasteiger partial charge on any atom is 0.133 e. The van der Waals surface area contributed by atoms with E-state index in [1.54, 1.807) is 24.3 Å². The summed E-state index contributed by atoms with van der Waals surface area (Å²) in [7, 11) is 0. The fourth-order valence-electron chi connectivity index (χ4n) is 2.02. The van der Waals surface area contributed by atoms with Crippen LogP contribution in [0.15, 0.2) is 48.5 Å². The Morgan fingerprint density at radius 2 is 1.05 bits per heavy atom. The van der Waals surface area contributed by atoms with E-state index in [2.05, 4.69) is 0 Å². The van der Waals surface area contributed by atoms with E-state index >= 15 is 0 Å². The molecule has 0 aromatic heterocycles. The van der Waals surface area contributed by atoms with Crippen LogP contribution in [0, 0.1) is 0 Å². The lowest BCUT2D eigenvalue weighted by Gasteiger charge is -2.03. The molecule has 0 aliphatic heterocycles. The van der Waals surface area contributed by atoms with Gasteiger partial charge in [-0.15, -0.1) is 0 Å². The van der Waals surface area contributed by atoms with Crippen molar-refractivity contribution >= 4 is 5.78 Å². The molecule has 0 spiro atoms. The van der Waals surface area contributed by atoms with Crippen molar-refractivity contribution in [2.24, 2.45) is 0 Å². The van der Waals surface area contributed by atoms with Crippen molar-refractivity contribution < 1.29 is 15.0 Å². The molecule has 0 aliphatic rings. The highest BCUT2D eigenvalue weighted by molar-refractivity contribution is 5.78. The lowest BCUT2D eigenvalue weighted by molar-refractivity contribution is -0.119. The monoisotopic (exact) mass is 270 g/mol. The van der Waals surface area contributed by atoms with Crippen molar-refractivity contribution in [3.05, 3.63) is 59.7 Å². The van der Waals surface area contributed by atoms with Gasteiger partial charge in [-0.05, 0) is 48.2 Å². The van der Waals surface area contributed by atoms with Crippen LogP contribution in [0.4, 0.5) is 0 Å². The van der Waals surface area contributed by atoms with Crippen LogP contribution >= 0.6 is 0 Å². The lowest BCUT2D eigenvalue weighted by Crippen LogP contribution is -2.02. The van der Waals surface area contributed by atoms with Crippen LogP contribution in [0.3, 0.4) is 0 Å². The predicted molar refractivity (Wildman–Crippen MR) is 77.9 cm³/mol. The second kappa shape index (κ2) is 6.75. The van der Waals surface area contributed by atoms with E-state index in [1.165, 1.54) is 0 Å². The smallest absolute Gasteiger partial charge is 0.133 e. The van der Waals surface area contributed by atoms with Gasteiger partial charge in [-0.2, -0.15) is 0 Å². The number of aromatic hydroxyl groups is 2. The van der Waals surface area contributed by atoms with E-state index in [4.69, 9.17) is 0 Å². The highest BCUT2D eigenvalue weighted by Gasteiger charge is 2.04. The molecule has 0 atom stereocenters. The Kier molecular flexibility index (Phi) is 4.77. The van der Waals surface area contributed by atoms with Gasteiger partial charge < -0.3 is 10.2 Å².